The van der Waals surface area contributed by atoms with Gasteiger partial charge < -0.3 is 14.8 Å². The maximum absolute atomic E-state index is 5.40. The molecule has 1 aromatic heterocycles. The van der Waals surface area contributed by atoms with E-state index in [1.165, 1.54) is 12.8 Å². The maximum atomic E-state index is 5.40. The molecule has 2 rings (SSSR count). The summed E-state index contributed by atoms with van der Waals surface area (Å²) in [4.78, 5) is 4.24. The van der Waals surface area contributed by atoms with Crippen LogP contribution in [0.4, 0.5) is 5.69 Å². The predicted molar refractivity (Wildman–Crippen MR) is 67.4 cm³/mol. The summed E-state index contributed by atoms with van der Waals surface area (Å²) in [7, 11) is 1.66. The van der Waals surface area contributed by atoms with E-state index >= 15 is 0 Å². The summed E-state index contributed by atoms with van der Waals surface area (Å²) in [6.07, 6.45) is 4.51. The summed E-state index contributed by atoms with van der Waals surface area (Å²) in [6.45, 7) is 3.34. The molecule has 0 amide bonds. The third-order valence-corrected chi connectivity index (χ3v) is 3.00. The van der Waals surface area contributed by atoms with Crippen molar-refractivity contribution in [1.29, 1.82) is 0 Å². The van der Waals surface area contributed by atoms with Crippen molar-refractivity contribution in [1.82, 2.24) is 4.98 Å². The lowest BCUT2D eigenvalue weighted by Crippen LogP contribution is -2.17. The number of anilines is 1. The zero-order valence-corrected chi connectivity index (χ0v) is 10.5. The second-order valence-electron chi connectivity index (χ2n) is 4.50. The minimum absolute atomic E-state index is 0.536. The molecular weight excluding hydrogens is 216 g/mol. The lowest BCUT2D eigenvalue weighted by atomic mass is 10.2. The molecule has 4 heteroatoms. The second-order valence-corrected chi connectivity index (χ2v) is 4.50. The van der Waals surface area contributed by atoms with Gasteiger partial charge in [0.05, 0.1) is 18.5 Å². The van der Waals surface area contributed by atoms with Gasteiger partial charge in [-0.1, -0.05) is 0 Å². The predicted octanol–water partition coefficient (Wildman–Crippen LogP) is 2.32. The minimum Gasteiger partial charge on any atom is -0.475 e. The van der Waals surface area contributed by atoms with Gasteiger partial charge in [0.1, 0.15) is 6.61 Å². The third-order valence-electron chi connectivity index (χ3n) is 3.00. The van der Waals surface area contributed by atoms with Crippen LogP contribution in [-0.4, -0.2) is 31.3 Å². The molecular formula is C13H20N2O2. The van der Waals surface area contributed by atoms with E-state index in [0.717, 1.165) is 11.6 Å². The van der Waals surface area contributed by atoms with Crippen LogP contribution in [-0.2, 0) is 4.74 Å². The largest absolute Gasteiger partial charge is 0.475 e. The fourth-order valence-corrected chi connectivity index (χ4v) is 1.76. The van der Waals surface area contributed by atoms with E-state index in [9.17, 15) is 0 Å². The molecule has 4 nitrogen and oxygen atoms in total. The van der Waals surface area contributed by atoms with Crippen LogP contribution in [0.3, 0.4) is 0 Å². The first-order valence-electron chi connectivity index (χ1n) is 6.14. The number of hydrogen-bond donors (Lipinski definition) is 1. The standard InChI is InChI=1S/C13H20N2O2/c1-10(11-3-4-11)15-12-5-6-13(14-9-12)17-8-7-16-2/h5-6,9-11,15H,3-4,7-8H2,1-2H3. The number of nitrogens with one attached hydrogen (secondary N) is 1. The van der Waals surface area contributed by atoms with Gasteiger partial charge in [-0.15, -0.1) is 0 Å². The van der Waals surface area contributed by atoms with E-state index in [1.54, 1.807) is 7.11 Å². The average Bonchev–Trinajstić information content (AvgIpc) is 3.16. The summed E-state index contributed by atoms with van der Waals surface area (Å²) < 4.78 is 10.3. The van der Waals surface area contributed by atoms with Crippen LogP contribution in [0.1, 0.15) is 19.8 Å². The van der Waals surface area contributed by atoms with E-state index < -0.39 is 0 Å². The van der Waals surface area contributed by atoms with Crippen molar-refractivity contribution in [2.75, 3.05) is 25.6 Å². The topological polar surface area (TPSA) is 43.4 Å². The Hall–Kier alpha value is -1.29. The van der Waals surface area contributed by atoms with Crippen molar-refractivity contribution >= 4 is 5.69 Å². The molecule has 1 unspecified atom stereocenters. The highest BCUT2D eigenvalue weighted by Gasteiger charge is 2.27. The summed E-state index contributed by atoms with van der Waals surface area (Å²) in [6, 6.07) is 4.43. The first-order valence-corrected chi connectivity index (χ1v) is 6.14. The third kappa shape index (κ3) is 3.89. The zero-order valence-electron chi connectivity index (χ0n) is 10.5. The molecule has 17 heavy (non-hydrogen) atoms. The van der Waals surface area contributed by atoms with E-state index in [1.807, 2.05) is 18.3 Å². The van der Waals surface area contributed by atoms with Gasteiger partial charge in [-0.2, -0.15) is 0 Å². The van der Waals surface area contributed by atoms with Crippen molar-refractivity contribution in [3.63, 3.8) is 0 Å². The van der Waals surface area contributed by atoms with Gasteiger partial charge in [-0.3, -0.25) is 0 Å². The van der Waals surface area contributed by atoms with E-state index in [2.05, 4.69) is 17.2 Å². The van der Waals surface area contributed by atoms with Gasteiger partial charge in [0.2, 0.25) is 5.88 Å². The Kier molecular flexibility index (Phi) is 4.20. The van der Waals surface area contributed by atoms with Crippen LogP contribution in [0.15, 0.2) is 18.3 Å². The lowest BCUT2D eigenvalue weighted by Gasteiger charge is -2.14. The van der Waals surface area contributed by atoms with E-state index in [0.29, 0.717) is 25.1 Å². The van der Waals surface area contributed by atoms with Gasteiger partial charge in [0.15, 0.2) is 0 Å². The molecule has 94 valence electrons. The van der Waals surface area contributed by atoms with Crippen LogP contribution < -0.4 is 10.1 Å². The molecule has 0 bridgehead atoms. The molecule has 0 aromatic carbocycles. The molecule has 1 aliphatic carbocycles. The van der Waals surface area contributed by atoms with Gasteiger partial charge in [-0.25, -0.2) is 4.98 Å². The van der Waals surface area contributed by atoms with E-state index in [-0.39, 0.29) is 0 Å². The average molecular weight is 236 g/mol. The zero-order chi connectivity index (χ0) is 12.1. The number of pyridine rings is 1. The van der Waals surface area contributed by atoms with Crippen molar-refractivity contribution in [3.8, 4) is 5.88 Å². The molecule has 0 radical (unpaired) electrons. The smallest absolute Gasteiger partial charge is 0.213 e. The van der Waals surface area contributed by atoms with Crippen molar-refractivity contribution in [2.45, 2.75) is 25.8 Å². The van der Waals surface area contributed by atoms with Crippen LogP contribution in [0, 0.1) is 5.92 Å². The molecule has 0 aliphatic heterocycles. The van der Waals surface area contributed by atoms with Crippen molar-refractivity contribution < 1.29 is 9.47 Å². The molecule has 0 saturated heterocycles. The highest BCUT2D eigenvalue weighted by molar-refractivity contribution is 5.43. The first-order chi connectivity index (χ1) is 8.29. The Morgan fingerprint density at radius 1 is 1.41 bits per heavy atom. The normalized spacial score (nSPS) is 16.6. The maximum Gasteiger partial charge on any atom is 0.213 e. The molecule has 1 fully saturated rings. The van der Waals surface area contributed by atoms with Gasteiger partial charge >= 0.3 is 0 Å². The summed E-state index contributed by atoms with van der Waals surface area (Å²) >= 11 is 0. The Morgan fingerprint density at radius 3 is 2.82 bits per heavy atom. The number of ether oxygens (including phenoxy) is 2. The molecule has 0 spiro atoms. The van der Waals surface area contributed by atoms with Gasteiger partial charge in [-0.05, 0) is 31.7 Å². The Bertz CT molecular complexity index is 336. The summed E-state index contributed by atoms with van der Waals surface area (Å²) in [5, 5.41) is 3.46. The van der Waals surface area contributed by atoms with Crippen LogP contribution in [0.25, 0.3) is 0 Å². The quantitative estimate of drug-likeness (QED) is 0.738. The second kappa shape index (κ2) is 5.87. The van der Waals surface area contributed by atoms with Crippen LogP contribution in [0.2, 0.25) is 0 Å². The van der Waals surface area contributed by atoms with Crippen LogP contribution in [0.5, 0.6) is 5.88 Å². The summed E-state index contributed by atoms with van der Waals surface area (Å²) in [5.74, 6) is 1.49. The highest BCUT2D eigenvalue weighted by atomic mass is 16.5. The molecule has 1 heterocycles. The number of methoxy groups -OCH3 is 1. The molecule has 1 atom stereocenters. The van der Waals surface area contributed by atoms with Crippen molar-refractivity contribution in [2.24, 2.45) is 5.92 Å². The van der Waals surface area contributed by atoms with Gasteiger partial charge in [0.25, 0.3) is 0 Å². The van der Waals surface area contributed by atoms with Crippen molar-refractivity contribution in [3.05, 3.63) is 18.3 Å². The SMILES string of the molecule is COCCOc1ccc(NC(C)C2CC2)cn1. The Morgan fingerprint density at radius 2 is 2.24 bits per heavy atom. The fourth-order valence-electron chi connectivity index (χ4n) is 1.76. The van der Waals surface area contributed by atoms with E-state index in [4.69, 9.17) is 9.47 Å². The first kappa shape index (κ1) is 12.2. The Labute approximate surface area is 102 Å². The number of nitrogens with zero attached hydrogens (tertiary/aromatic N) is 1. The number of rotatable bonds is 7. The monoisotopic (exact) mass is 236 g/mol. The van der Waals surface area contributed by atoms with Gasteiger partial charge in [0, 0.05) is 19.2 Å². The molecule has 1 saturated carbocycles. The summed E-state index contributed by atoms with van der Waals surface area (Å²) in [5.41, 5.74) is 1.06. The highest BCUT2D eigenvalue weighted by Crippen LogP contribution is 2.33. The number of hydrogen-bond acceptors (Lipinski definition) is 4. The lowest BCUT2D eigenvalue weighted by molar-refractivity contribution is 0.144. The Balaban J connectivity index is 1.79. The molecule has 1 N–H and O–H groups in total. The molecule has 1 aliphatic rings. The van der Waals surface area contributed by atoms with Crippen LogP contribution >= 0.6 is 0 Å². The fraction of sp³-hybridized carbons (Fsp3) is 0.615. The number of aromatic nitrogens is 1. The minimum atomic E-state index is 0.536. The molecule has 1 aromatic rings.